The first-order chi connectivity index (χ1) is 13.1. The Bertz CT molecular complexity index is 757. The first-order valence-electron chi connectivity index (χ1n) is 10.1. The van der Waals surface area contributed by atoms with Crippen LogP contribution in [0.3, 0.4) is 0 Å². The molecule has 6 nitrogen and oxygen atoms in total. The molecule has 1 saturated heterocycles. The number of urea groups is 1. The van der Waals surface area contributed by atoms with Crippen LogP contribution in [0.1, 0.15) is 62.5 Å². The fraction of sp³-hybridized carbons (Fsp3) is 0.571. The summed E-state index contributed by atoms with van der Waals surface area (Å²) in [5.74, 6) is -0.537. The zero-order valence-electron chi connectivity index (χ0n) is 15.6. The van der Waals surface area contributed by atoms with Gasteiger partial charge in [0.1, 0.15) is 12.1 Å². The van der Waals surface area contributed by atoms with E-state index in [2.05, 4.69) is 10.6 Å². The van der Waals surface area contributed by atoms with E-state index in [1.807, 2.05) is 24.3 Å². The molecule has 0 aromatic heterocycles. The van der Waals surface area contributed by atoms with Gasteiger partial charge in [-0.25, -0.2) is 4.79 Å². The molecule has 4 rings (SSSR count). The monoisotopic (exact) mass is 369 g/mol. The van der Waals surface area contributed by atoms with E-state index in [4.69, 9.17) is 0 Å². The lowest BCUT2D eigenvalue weighted by Gasteiger charge is -2.27. The number of fused-ring (bicyclic) bond motifs is 2. The molecular formula is C21H27N3O3. The summed E-state index contributed by atoms with van der Waals surface area (Å²) < 4.78 is 0. The smallest absolute Gasteiger partial charge is 0.325 e. The number of nitrogens with zero attached hydrogens (tertiary/aromatic N) is 1. The summed E-state index contributed by atoms with van der Waals surface area (Å²) in [5.41, 5.74) is 0.975. The molecule has 4 amide bonds. The third-order valence-corrected chi connectivity index (χ3v) is 6.17. The van der Waals surface area contributed by atoms with Crippen LogP contribution in [-0.2, 0) is 21.5 Å². The van der Waals surface area contributed by atoms with Gasteiger partial charge in [0.05, 0.1) is 0 Å². The summed E-state index contributed by atoms with van der Waals surface area (Å²) >= 11 is 0. The summed E-state index contributed by atoms with van der Waals surface area (Å²) in [7, 11) is 0. The van der Waals surface area contributed by atoms with Gasteiger partial charge in [-0.05, 0) is 49.7 Å². The molecule has 1 spiro atoms. The Morgan fingerprint density at radius 2 is 1.89 bits per heavy atom. The van der Waals surface area contributed by atoms with E-state index in [1.165, 1.54) is 6.42 Å². The third-order valence-electron chi connectivity index (χ3n) is 6.17. The van der Waals surface area contributed by atoms with Crippen molar-refractivity contribution in [1.29, 1.82) is 0 Å². The highest BCUT2D eigenvalue weighted by Gasteiger charge is 2.53. The first kappa shape index (κ1) is 18.0. The fourth-order valence-electron chi connectivity index (χ4n) is 4.78. The Hall–Kier alpha value is -2.37. The van der Waals surface area contributed by atoms with Gasteiger partial charge in [-0.15, -0.1) is 0 Å². The van der Waals surface area contributed by atoms with E-state index >= 15 is 0 Å². The van der Waals surface area contributed by atoms with Crippen molar-refractivity contribution >= 4 is 17.8 Å². The molecular weight excluding hydrogens is 342 g/mol. The summed E-state index contributed by atoms with van der Waals surface area (Å²) in [4.78, 5) is 39.5. The highest BCUT2D eigenvalue weighted by Crippen LogP contribution is 2.38. The number of rotatable bonds is 3. The van der Waals surface area contributed by atoms with Crippen LogP contribution >= 0.6 is 0 Å². The van der Waals surface area contributed by atoms with Gasteiger partial charge in [-0.2, -0.15) is 0 Å². The predicted molar refractivity (Wildman–Crippen MR) is 101 cm³/mol. The van der Waals surface area contributed by atoms with Crippen molar-refractivity contribution in [2.45, 2.75) is 69.4 Å². The summed E-state index contributed by atoms with van der Waals surface area (Å²) in [6.07, 6.45) is 8.74. The van der Waals surface area contributed by atoms with E-state index in [1.54, 1.807) is 0 Å². The van der Waals surface area contributed by atoms with Crippen molar-refractivity contribution in [3.8, 4) is 0 Å². The molecule has 1 saturated carbocycles. The number of hydrogen-bond acceptors (Lipinski definition) is 3. The molecule has 2 N–H and O–H groups in total. The van der Waals surface area contributed by atoms with Crippen LogP contribution in [0, 0.1) is 0 Å². The lowest BCUT2D eigenvalue weighted by Crippen LogP contribution is -2.46. The molecule has 2 aliphatic carbocycles. The van der Waals surface area contributed by atoms with Crippen LogP contribution in [-0.4, -0.2) is 35.3 Å². The van der Waals surface area contributed by atoms with E-state index < -0.39 is 11.6 Å². The largest absolute Gasteiger partial charge is 0.352 e. The standard InChI is InChI=1S/C21H27N3O3/c25-18(22-16-10-2-1-3-11-16)14-24-19(26)21(23-20(24)27)13-7-6-9-15-8-4-5-12-17(15)21/h4-5,8,12,16H,1-3,6-7,9-11,13-14H2,(H,22,25)(H,23,27). The summed E-state index contributed by atoms with van der Waals surface area (Å²) in [6.45, 7) is -0.203. The Balaban J connectivity index is 1.53. The molecule has 1 aromatic rings. The number of imide groups is 1. The van der Waals surface area contributed by atoms with Crippen LogP contribution in [0.4, 0.5) is 4.79 Å². The molecule has 1 atom stereocenters. The van der Waals surface area contributed by atoms with Crippen LogP contribution in [0.2, 0.25) is 0 Å². The highest BCUT2D eigenvalue weighted by atomic mass is 16.2. The topological polar surface area (TPSA) is 78.5 Å². The second-order valence-electron chi connectivity index (χ2n) is 7.99. The van der Waals surface area contributed by atoms with Gasteiger partial charge >= 0.3 is 6.03 Å². The molecule has 1 heterocycles. The molecule has 27 heavy (non-hydrogen) atoms. The Morgan fingerprint density at radius 1 is 1.11 bits per heavy atom. The van der Waals surface area contributed by atoms with E-state index in [9.17, 15) is 14.4 Å². The molecule has 1 aliphatic heterocycles. The normalized spacial score (nSPS) is 25.9. The molecule has 2 fully saturated rings. The zero-order chi connectivity index (χ0) is 18.9. The summed E-state index contributed by atoms with van der Waals surface area (Å²) in [5, 5.41) is 5.93. The Kier molecular flexibility index (Phi) is 4.89. The van der Waals surface area contributed by atoms with E-state index in [0.29, 0.717) is 6.42 Å². The number of carbonyl (C=O) groups excluding carboxylic acids is 3. The second kappa shape index (κ2) is 7.33. The molecule has 0 radical (unpaired) electrons. The minimum atomic E-state index is -1.02. The van der Waals surface area contributed by atoms with Gasteiger partial charge in [0, 0.05) is 6.04 Å². The highest BCUT2D eigenvalue weighted by molar-refractivity contribution is 6.09. The van der Waals surface area contributed by atoms with Gasteiger partial charge < -0.3 is 10.6 Å². The number of amides is 4. The van der Waals surface area contributed by atoms with Crippen molar-refractivity contribution in [2.75, 3.05) is 6.54 Å². The van der Waals surface area contributed by atoms with Gasteiger partial charge in [0.2, 0.25) is 5.91 Å². The molecule has 0 bridgehead atoms. The van der Waals surface area contributed by atoms with E-state index in [0.717, 1.165) is 61.0 Å². The minimum absolute atomic E-state index is 0.166. The van der Waals surface area contributed by atoms with Crippen LogP contribution in [0.15, 0.2) is 24.3 Å². The van der Waals surface area contributed by atoms with Gasteiger partial charge in [-0.3, -0.25) is 14.5 Å². The van der Waals surface area contributed by atoms with Crippen LogP contribution in [0.25, 0.3) is 0 Å². The SMILES string of the molecule is O=C(CN1C(=O)NC2(CCCCc3ccccc32)C1=O)NC1CCCCC1. The summed E-state index contributed by atoms with van der Waals surface area (Å²) in [6, 6.07) is 7.54. The first-order valence-corrected chi connectivity index (χ1v) is 10.1. The average Bonchev–Trinajstić information content (AvgIpc) is 2.82. The molecule has 6 heteroatoms. The number of benzene rings is 1. The molecule has 1 unspecified atom stereocenters. The fourth-order valence-corrected chi connectivity index (χ4v) is 4.78. The second-order valence-corrected chi connectivity index (χ2v) is 7.99. The van der Waals surface area contributed by atoms with Gasteiger partial charge in [0.15, 0.2) is 0 Å². The molecule has 144 valence electrons. The predicted octanol–water partition coefficient (Wildman–Crippen LogP) is 2.61. The van der Waals surface area contributed by atoms with Crippen molar-refractivity contribution in [1.82, 2.24) is 15.5 Å². The maximum Gasteiger partial charge on any atom is 0.325 e. The van der Waals surface area contributed by atoms with Crippen molar-refractivity contribution in [3.05, 3.63) is 35.4 Å². The van der Waals surface area contributed by atoms with Crippen LogP contribution in [0.5, 0.6) is 0 Å². The number of hydrogen-bond donors (Lipinski definition) is 2. The van der Waals surface area contributed by atoms with Crippen LogP contribution < -0.4 is 10.6 Å². The van der Waals surface area contributed by atoms with Crippen molar-refractivity contribution in [2.24, 2.45) is 0 Å². The Morgan fingerprint density at radius 3 is 2.70 bits per heavy atom. The third kappa shape index (κ3) is 3.33. The lowest BCUT2D eigenvalue weighted by molar-refractivity contribution is -0.135. The van der Waals surface area contributed by atoms with Crippen molar-refractivity contribution in [3.63, 3.8) is 0 Å². The maximum absolute atomic E-state index is 13.3. The molecule has 3 aliphatic rings. The minimum Gasteiger partial charge on any atom is -0.352 e. The van der Waals surface area contributed by atoms with Crippen molar-refractivity contribution < 1.29 is 14.4 Å². The number of aryl methyl sites for hydroxylation is 1. The quantitative estimate of drug-likeness (QED) is 0.804. The average molecular weight is 369 g/mol. The van der Waals surface area contributed by atoms with E-state index in [-0.39, 0.29) is 24.4 Å². The lowest BCUT2D eigenvalue weighted by atomic mass is 9.84. The molecule has 1 aromatic carbocycles. The van der Waals surface area contributed by atoms with Gasteiger partial charge in [0.25, 0.3) is 5.91 Å². The zero-order valence-corrected chi connectivity index (χ0v) is 15.6. The maximum atomic E-state index is 13.3. The number of carbonyl (C=O) groups is 3. The number of nitrogens with one attached hydrogen (secondary N) is 2. The Labute approximate surface area is 159 Å². The van der Waals surface area contributed by atoms with Gasteiger partial charge in [-0.1, -0.05) is 43.5 Å².